The van der Waals surface area contributed by atoms with Crippen LogP contribution in [0.15, 0.2) is 0 Å². The second kappa shape index (κ2) is 5.25. The summed E-state index contributed by atoms with van der Waals surface area (Å²) in [5, 5.41) is 0. The average Bonchev–Trinajstić information content (AvgIpc) is 2.01. The van der Waals surface area contributed by atoms with Crippen molar-refractivity contribution in [2.75, 3.05) is 7.05 Å². The van der Waals surface area contributed by atoms with Gasteiger partial charge in [0.05, 0.1) is 0 Å². The van der Waals surface area contributed by atoms with Crippen molar-refractivity contribution in [3.05, 3.63) is 0 Å². The van der Waals surface area contributed by atoms with E-state index in [1.165, 1.54) is 0 Å². The summed E-state index contributed by atoms with van der Waals surface area (Å²) in [6.45, 7) is 10.6. The van der Waals surface area contributed by atoms with E-state index in [0.29, 0.717) is 24.3 Å². The Balaban J connectivity index is 4.46. The lowest BCUT2D eigenvalue weighted by Crippen LogP contribution is -2.43. The largest absolute Gasteiger partial charge is 0.342 e. The maximum absolute atomic E-state index is 11.5. The highest BCUT2D eigenvalue weighted by Gasteiger charge is 2.24. The Morgan fingerprint density at radius 2 is 1.54 bits per heavy atom. The molecule has 2 nitrogen and oxygen atoms in total. The van der Waals surface area contributed by atoms with Crippen molar-refractivity contribution in [2.45, 2.75) is 47.1 Å². The van der Waals surface area contributed by atoms with Crippen molar-refractivity contribution in [1.82, 2.24) is 4.90 Å². The molecule has 0 N–H and O–H groups in total. The maximum Gasteiger partial charge on any atom is 0.222 e. The number of carbonyl (C=O) groups excluding carboxylic acids is 1. The number of rotatable bonds is 4. The van der Waals surface area contributed by atoms with Crippen LogP contribution in [-0.4, -0.2) is 23.9 Å². The molecule has 0 heterocycles. The van der Waals surface area contributed by atoms with Crippen LogP contribution in [0.3, 0.4) is 0 Å². The Morgan fingerprint density at radius 1 is 1.15 bits per heavy atom. The first-order valence-corrected chi connectivity index (χ1v) is 5.17. The quantitative estimate of drug-likeness (QED) is 0.659. The van der Waals surface area contributed by atoms with Gasteiger partial charge in [-0.2, -0.15) is 0 Å². The molecule has 0 aromatic rings. The van der Waals surface area contributed by atoms with E-state index in [9.17, 15) is 4.79 Å². The molecule has 0 aliphatic heterocycles. The third-order valence-corrected chi connectivity index (χ3v) is 2.51. The zero-order chi connectivity index (χ0) is 10.6. The van der Waals surface area contributed by atoms with Crippen LogP contribution in [0.1, 0.15) is 41.0 Å². The van der Waals surface area contributed by atoms with Crippen molar-refractivity contribution in [2.24, 2.45) is 11.8 Å². The van der Waals surface area contributed by atoms with Crippen molar-refractivity contribution in [3.8, 4) is 0 Å². The molecule has 0 saturated heterocycles. The molecule has 2 heteroatoms. The number of hydrogen-bond donors (Lipinski definition) is 0. The number of amides is 1. The fraction of sp³-hybridized carbons (Fsp3) is 0.909. The summed E-state index contributed by atoms with van der Waals surface area (Å²) in [6, 6.07) is 0.368. The van der Waals surface area contributed by atoms with Gasteiger partial charge in [0.1, 0.15) is 0 Å². The van der Waals surface area contributed by atoms with E-state index in [4.69, 9.17) is 0 Å². The van der Waals surface area contributed by atoms with Gasteiger partial charge >= 0.3 is 0 Å². The smallest absolute Gasteiger partial charge is 0.222 e. The van der Waals surface area contributed by atoms with Gasteiger partial charge in [-0.15, -0.1) is 0 Å². The van der Waals surface area contributed by atoms with E-state index in [1.807, 2.05) is 18.9 Å². The van der Waals surface area contributed by atoms with Crippen LogP contribution in [0, 0.1) is 11.8 Å². The SMILES string of the molecule is CCC(=O)N(C)C(C(C)C)C(C)C. The van der Waals surface area contributed by atoms with Crippen LogP contribution in [0.25, 0.3) is 0 Å². The Labute approximate surface area is 82.3 Å². The van der Waals surface area contributed by atoms with Crippen LogP contribution in [0.5, 0.6) is 0 Å². The van der Waals surface area contributed by atoms with E-state index in [0.717, 1.165) is 0 Å². The van der Waals surface area contributed by atoms with E-state index in [2.05, 4.69) is 27.7 Å². The number of carbonyl (C=O) groups is 1. The summed E-state index contributed by atoms with van der Waals surface area (Å²) in [4.78, 5) is 13.4. The molecule has 0 aromatic carbocycles. The summed E-state index contributed by atoms with van der Waals surface area (Å²) < 4.78 is 0. The van der Waals surface area contributed by atoms with Crippen LogP contribution >= 0.6 is 0 Å². The molecule has 0 atom stereocenters. The summed E-state index contributed by atoms with van der Waals surface area (Å²) in [5.74, 6) is 1.30. The normalized spacial score (nSPS) is 11.5. The summed E-state index contributed by atoms with van der Waals surface area (Å²) in [7, 11) is 1.91. The molecule has 0 saturated carbocycles. The zero-order valence-corrected chi connectivity index (χ0v) is 9.79. The predicted octanol–water partition coefficient (Wildman–Crippen LogP) is 2.54. The molecule has 0 spiro atoms. The molecule has 1 amide bonds. The minimum atomic E-state index is 0.243. The van der Waals surface area contributed by atoms with Crippen molar-refractivity contribution >= 4 is 5.91 Å². The highest BCUT2D eigenvalue weighted by molar-refractivity contribution is 5.75. The van der Waals surface area contributed by atoms with E-state index < -0.39 is 0 Å². The van der Waals surface area contributed by atoms with Crippen molar-refractivity contribution < 1.29 is 4.79 Å². The predicted molar refractivity (Wildman–Crippen MR) is 56.5 cm³/mol. The fourth-order valence-corrected chi connectivity index (χ4v) is 2.08. The molecule has 0 rings (SSSR count). The molecule has 0 radical (unpaired) electrons. The van der Waals surface area contributed by atoms with E-state index in [-0.39, 0.29) is 5.91 Å². The molecule has 0 aliphatic rings. The minimum Gasteiger partial charge on any atom is -0.342 e. The lowest BCUT2D eigenvalue weighted by Gasteiger charge is -2.34. The monoisotopic (exact) mass is 185 g/mol. The van der Waals surface area contributed by atoms with Gasteiger partial charge in [0, 0.05) is 19.5 Å². The van der Waals surface area contributed by atoms with Crippen LogP contribution in [0.2, 0.25) is 0 Å². The first-order valence-electron chi connectivity index (χ1n) is 5.17. The molecule has 78 valence electrons. The highest BCUT2D eigenvalue weighted by Crippen LogP contribution is 2.18. The van der Waals surface area contributed by atoms with E-state index in [1.54, 1.807) is 0 Å². The standard InChI is InChI=1S/C11H23NO/c1-7-10(13)12(6)11(8(2)3)9(4)5/h8-9,11H,7H2,1-6H3. The summed E-state index contributed by atoms with van der Waals surface area (Å²) in [5.41, 5.74) is 0. The highest BCUT2D eigenvalue weighted by atomic mass is 16.2. The van der Waals surface area contributed by atoms with Gasteiger partial charge in [-0.3, -0.25) is 4.79 Å². The average molecular weight is 185 g/mol. The van der Waals surface area contributed by atoms with Gasteiger partial charge in [-0.1, -0.05) is 34.6 Å². The van der Waals surface area contributed by atoms with E-state index >= 15 is 0 Å². The third-order valence-electron chi connectivity index (χ3n) is 2.51. The van der Waals surface area contributed by atoms with Gasteiger partial charge in [0.2, 0.25) is 5.91 Å². The van der Waals surface area contributed by atoms with Gasteiger partial charge in [-0.25, -0.2) is 0 Å². The molecule has 0 fully saturated rings. The van der Waals surface area contributed by atoms with Gasteiger partial charge < -0.3 is 4.90 Å². The lowest BCUT2D eigenvalue weighted by atomic mass is 9.92. The van der Waals surface area contributed by atoms with Gasteiger partial charge in [0.25, 0.3) is 0 Å². The topological polar surface area (TPSA) is 20.3 Å². The molecule has 0 bridgehead atoms. The van der Waals surface area contributed by atoms with Crippen LogP contribution in [0.4, 0.5) is 0 Å². The first-order chi connectivity index (χ1) is 5.91. The molecular formula is C11H23NO. The summed E-state index contributed by atoms with van der Waals surface area (Å²) >= 11 is 0. The van der Waals surface area contributed by atoms with Crippen LogP contribution in [-0.2, 0) is 4.79 Å². The molecule has 0 aliphatic carbocycles. The second-order valence-corrected chi connectivity index (χ2v) is 4.34. The Bertz CT molecular complexity index is 155. The fourth-order valence-electron chi connectivity index (χ4n) is 2.08. The molecule has 13 heavy (non-hydrogen) atoms. The third kappa shape index (κ3) is 3.37. The minimum absolute atomic E-state index is 0.243. The molecule has 0 aromatic heterocycles. The van der Waals surface area contributed by atoms with Crippen molar-refractivity contribution in [3.63, 3.8) is 0 Å². The second-order valence-electron chi connectivity index (χ2n) is 4.34. The number of nitrogens with zero attached hydrogens (tertiary/aromatic N) is 1. The zero-order valence-electron chi connectivity index (χ0n) is 9.79. The Kier molecular flexibility index (Phi) is 5.04. The van der Waals surface area contributed by atoms with Crippen LogP contribution < -0.4 is 0 Å². The van der Waals surface area contributed by atoms with Gasteiger partial charge in [-0.05, 0) is 11.8 Å². The Hall–Kier alpha value is -0.530. The molecule has 0 unspecified atom stereocenters. The first kappa shape index (κ1) is 12.5. The van der Waals surface area contributed by atoms with Gasteiger partial charge in [0.15, 0.2) is 0 Å². The number of hydrogen-bond acceptors (Lipinski definition) is 1. The van der Waals surface area contributed by atoms with Crippen molar-refractivity contribution in [1.29, 1.82) is 0 Å². The molecular weight excluding hydrogens is 162 g/mol. The Morgan fingerprint density at radius 3 is 1.77 bits per heavy atom. The lowest BCUT2D eigenvalue weighted by molar-refractivity contribution is -0.133. The maximum atomic E-state index is 11.5. The summed E-state index contributed by atoms with van der Waals surface area (Å²) in [6.07, 6.45) is 0.604.